The Hall–Kier alpha value is 0.270. The Morgan fingerprint density at radius 1 is 1.75 bits per heavy atom. The fourth-order valence-corrected chi connectivity index (χ4v) is 0.342. The SMILES string of the molecule is O=[P+](O)OOCCCl. The van der Waals surface area contributed by atoms with Crippen molar-refractivity contribution in [3.05, 3.63) is 0 Å². The van der Waals surface area contributed by atoms with Gasteiger partial charge in [0.25, 0.3) is 0 Å². The molecule has 0 aromatic rings. The highest BCUT2D eigenvalue weighted by molar-refractivity contribution is 7.31. The van der Waals surface area contributed by atoms with Gasteiger partial charge < -0.3 is 0 Å². The minimum atomic E-state index is -2.64. The van der Waals surface area contributed by atoms with Crippen molar-refractivity contribution < 1.29 is 19.0 Å². The number of hydrogen-bond donors (Lipinski definition) is 1. The van der Waals surface area contributed by atoms with Crippen molar-refractivity contribution >= 4 is 19.9 Å². The van der Waals surface area contributed by atoms with Crippen molar-refractivity contribution in [3.63, 3.8) is 0 Å². The lowest BCUT2D eigenvalue weighted by atomic mass is 10.9. The van der Waals surface area contributed by atoms with Gasteiger partial charge in [-0.15, -0.1) is 16.5 Å². The summed E-state index contributed by atoms with van der Waals surface area (Å²) < 4.78 is 13.4. The van der Waals surface area contributed by atoms with E-state index < -0.39 is 8.25 Å². The van der Waals surface area contributed by atoms with E-state index in [-0.39, 0.29) is 12.5 Å². The van der Waals surface area contributed by atoms with Crippen LogP contribution in [0.3, 0.4) is 0 Å². The molecule has 0 spiro atoms. The highest BCUT2D eigenvalue weighted by atomic mass is 35.5. The summed E-state index contributed by atoms with van der Waals surface area (Å²) in [5.41, 5.74) is 0. The summed E-state index contributed by atoms with van der Waals surface area (Å²) in [6.07, 6.45) is 0. The van der Waals surface area contributed by atoms with Crippen LogP contribution in [0, 0.1) is 0 Å². The predicted octanol–water partition coefficient (Wildman–Crippen LogP) is 0.823. The van der Waals surface area contributed by atoms with E-state index >= 15 is 0 Å². The summed E-state index contributed by atoms with van der Waals surface area (Å²) >= 11 is 5.10. The van der Waals surface area contributed by atoms with E-state index in [2.05, 4.69) is 9.56 Å². The molecule has 1 atom stereocenters. The van der Waals surface area contributed by atoms with Crippen molar-refractivity contribution in [2.75, 3.05) is 12.5 Å². The maximum absolute atomic E-state index is 9.63. The maximum atomic E-state index is 9.63. The Kier molecular flexibility index (Phi) is 5.59. The molecule has 0 aromatic carbocycles. The van der Waals surface area contributed by atoms with Crippen LogP contribution in [-0.4, -0.2) is 17.4 Å². The van der Waals surface area contributed by atoms with Crippen LogP contribution < -0.4 is 0 Å². The van der Waals surface area contributed by atoms with Crippen molar-refractivity contribution in [2.45, 2.75) is 0 Å². The van der Waals surface area contributed by atoms with Crippen LogP contribution in [-0.2, 0) is 14.1 Å². The first-order valence-electron chi connectivity index (χ1n) is 1.79. The van der Waals surface area contributed by atoms with Crippen LogP contribution in [0.4, 0.5) is 0 Å². The Labute approximate surface area is 52.2 Å². The Morgan fingerprint density at radius 3 is 2.75 bits per heavy atom. The lowest BCUT2D eigenvalue weighted by molar-refractivity contribution is -0.202. The first-order chi connectivity index (χ1) is 3.77. The molecule has 0 fully saturated rings. The number of hydrogen-bond acceptors (Lipinski definition) is 3. The fraction of sp³-hybridized carbons (Fsp3) is 1.00. The molecule has 1 N–H and O–H groups in total. The molecule has 1 unspecified atom stereocenters. The van der Waals surface area contributed by atoms with Gasteiger partial charge in [0.15, 0.2) is 0 Å². The molecule has 6 heteroatoms. The second kappa shape index (κ2) is 5.41. The summed E-state index contributed by atoms with van der Waals surface area (Å²) in [6.45, 7) is 0.114. The number of rotatable bonds is 4. The van der Waals surface area contributed by atoms with E-state index in [1.54, 1.807) is 0 Å². The molecule has 0 amide bonds. The average molecular weight is 159 g/mol. The highest BCUT2D eigenvalue weighted by Crippen LogP contribution is 2.13. The predicted molar refractivity (Wildman–Crippen MR) is 27.6 cm³/mol. The molecule has 0 aromatic heterocycles. The van der Waals surface area contributed by atoms with E-state index in [9.17, 15) is 4.57 Å². The first kappa shape index (κ1) is 8.27. The molecule has 4 nitrogen and oxygen atoms in total. The van der Waals surface area contributed by atoms with Gasteiger partial charge >= 0.3 is 8.25 Å². The van der Waals surface area contributed by atoms with E-state index in [0.717, 1.165) is 0 Å². The molecule has 48 valence electrons. The van der Waals surface area contributed by atoms with Crippen LogP contribution >= 0.6 is 19.9 Å². The van der Waals surface area contributed by atoms with Gasteiger partial charge in [-0.3, -0.25) is 0 Å². The van der Waals surface area contributed by atoms with Crippen molar-refractivity contribution in [1.82, 2.24) is 0 Å². The first-order valence-corrected chi connectivity index (χ1v) is 3.45. The summed E-state index contributed by atoms with van der Waals surface area (Å²) in [7, 11) is -2.64. The van der Waals surface area contributed by atoms with Crippen LogP contribution in [0.15, 0.2) is 0 Å². The van der Waals surface area contributed by atoms with Crippen molar-refractivity contribution in [2.24, 2.45) is 0 Å². The zero-order valence-electron chi connectivity index (χ0n) is 3.91. The van der Waals surface area contributed by atoms with Gasteiger partial charge in [0.1, 0.15) is 6.61 Å². The lowest BCUT2D eigenvalue weighted by Gasteiger charge is -1.83. The normalized spacial score (nSPS) is 11.5. The van der Waals surface area contributed by atoms with Gasteiger partial charge in [-0.2, -0.15) is 4.89 Å². The molecule has 0 radical (unpaired) electrons. The van der Waals surface area contributed by atoms with Gasteiger partial charge in [-0.1, -0.05) is 0 Å². The molecule has 0 aliphatic heterocycles. The number of alkyl halides is 1. The highest BCUT2D eigenvalue weighted by Gasteiger charge is 2.11. The lowest BCUT2D eigenvalue weighted by Crippen LogP contribution is -1.90. The van der Waals surface area contributed by atoms with Gasteiger partial charge in [0.2, 0.25) is 0 Å². The minimum absolute atomic E-state index is 0.114. The third kappa shape index (κ3) is 6.27. The smallest absolute Gasteiger partial charge is 0.186 e. The molecular weight excluding hydrogens is 154 g/mol. The van der Waals surface area contributed by atoms with E-state index in [1.165, 1.54) is 0 Å². The van der Waals surface area contributed by atoms with Crippen LogP contribution in [0.1, 0.15) is 0 Å². The molecule has 0 aliphatic rings. The Balaban J connectivity index is 2.82. The minimum Gasteiger partial charge on any atom is -0.186 e. The fourth-order valence-electron chi connectivity index (χ4n) is 0.114. The van der Waals surface area contributed by atoms with E-state index in [4.69, 9.17) is 16.5 Å². The third-order valence-electron chi connectivity index (χ3n) is 0.277. The van der Waals surface area contributed by atoms with Gasteiger partial charge in [0, 0.05) is 10.4 Å². The zero-order valence-corrected chi connectivity index (χ0v) is 5.56. The van der Waals surface area contributed by atoms with Crippen LogP contribution in [0.5, 0.6) is 0 Å². The Morgan fingerprint density at radius 2 is 2.38 bits per heavy atom. The van der Waals surface area contributed by atoms with Gasteiger partial charge in [-0.05, 0) is 0 Å². The number of halogens is 1. The molecule has 0 saturated heterocycles. The summed E-state index contributed by atoms with van der Waals surface area (Å²) in [4.78, 5) is 12.0. The molecule has 0 aliphatic carbocycles. The topological polar surface area (TPSA) is 55.8 Å². The summed E-state index contributed by atoms with van der Waals surface area (Å²) in [5, 5.41) is 0. The van der Waals surface area contributed by atoms with Crippen LogP contribution in [0.2, 0.25) is 0 Å². The van der Waals surface area contributed by atoms with Crippen molar-refractivity contribution in [3.8, 4) is 0 Å². The second-order valence-corrected chi connectivity index (χ2v) is 1.83. The molecule has 0 bridgehead atoms. The Bertz CT molecular complexity index is 76.4. The standard InChI is InChI=1S/C2H4ClO4P/c3-1-2-6-7-8(4)5/h1-2H2/p+1. The molecule has 8 heavy (non-hydrogen) atoms. The monoisotopic (exact) mass is 159 g/mol. The van der Waals surface area contributed by atoms with Crippen molar-refractivity contribution in [1.29, 1.82) is 0 Å². The molecule has 0 heterocycles. The maximum Gasteiger partial charge on any atom is 0.725 e. The third-order valence-corrected chi connectivity index (χ3v) is 0.664. The van der Waals surface area contributed by atoms with Gasteiger partial charge in [-0.25, -0.2) is 0 Å². The van der Waals surface area contributed by atoms with E-state index in [0.29, 0.717) is 0 Å². The molecule has 0 rings (SSSR count). The van der Waals surface area contributed by atoms with Gasteiger partial charge in [0.05, 0.1) is 4.67 Å². The quantitative estimate of drug-likeness (QED) is 0.217. The van der Waals surface area contributed by atoms with Crippen LogP contribution in [0.25, 0.3) is 0 Å². The molecule has 0 saturated carbocycles. The summed E-state index contributed by atoms with van der Waals surface area (Å²) in [5.74, 6) is 0.239. The van der Waals surface area contributed by atoms with E-state index in [1.807, 2.05) is 0 Å². The summed E-state index contributed by atoms with van der Waals surface area (Å²) in [6, 6.07) is 0. The molecular formula is C2H5ClO4P+. The zero-order chi connectivity index (χ0) is 6.41. The largest absolute Gasteiger partial charge is 0.725 e. The average Bonchev–Trinajstić information content (AvgIpc) is 1.66. The second-order valence-electron chi connectivity index (χ2n) is 0.823.